The average molecular weight is 261 g/mol. The summed E-state index contributed by atoms with van der Waals surface area (Å²) in [4.78, 5) is 11.7. The molecule has 0 aliphatic heterocycles. The van der Waals surface area contributed by atoms with Gasteiger partial charge in [0.2, 0.25) is 0 Å². The Morgan fingerprint density at radius 3 is 2.56 bits per heavy atom. The highest BCUT2D eigenvalue weighted by Gasteiger charge is 2.12. The zero-order valence-electron chi connectivity index (χ0n) is 10.7. The smallest absolute Gasteiger partial charge is 0.170 e. The van der Waals surface area contributed by atoms with Crippen molar-refractivity contribution >= 4 is 32.0 Å². The van der Waals surface area contributed by atoms with E-state index in [0.717, 1.165) is 26.0 Å². The fraction of sp³-hybridized carbons (Fsp3) is 0.818. The Balaban J connectivity index is 3.45. The largest absolute Gasteiger partial charge is 0.421 e. The third-order valence-corrected chi connectivity index (χ3v) is 3.72. The average Bonchev–Trinajstić information content (AvgIpc) is 2.21. The van der Waals surface area contributed by atoms with Crippen molar-refractivity contribution in [2.75, 3.05) is 13.2 Å². The van der Waals surface area contributed by atoms with Gasteiger partial charge in [0.15, 0.2) is 9.04 Å². The number of hydrogen-bond donors (Lipinski definition) is 1. The van der Waals surface area contributed by atoms with E-state index in [9.17, 15) is 4.79 Å². The maximum Gasteiger partial charge on any atom is 0.170 e. The first-order valence-corrected chi connectivity index (χ1v) is 9.03. The van der Waals surface area contributed by atoms with Crippen molar-refractivity contribution in [3.8, 4) is 0 Å². The monoisotopic (exact) mass is 261 g/mol. The molecule has 1 unspecified atom stereocenters. The molecule has 0 radical (unpaired) electrons. The molecule has 0 aliphatic rings. The Morgan fingerprint density at radius 1 is 1.44 bits per heavy atom. The number of Topliss-reactive ketones (excluding diaryl/α,β-unsaturated/α-hetero) is 1. The number of rotatable bonds is 8. The molecule has 94 valence electrons. The second-order valence-electron chi connectivity index (χ2n) is 4.25. The summed E-state index contributed by atoms with van der Waals surface area (Å²) >= 11 is 5.12. The van der Waals surface area contributed by atoms with Crippen molar-refractivity contribution in [3.63, 3.8) is 0 Å². The van der Waals surface area contributed by atoms with E-state index in [-0.39, 0.29) is 11.7 Å². The lowest BCUT2D eigenvalue weighted by Gasteiger charge is -2.12. The Bertz CT molecular complexity index is 234. The van der Waals surface area contributed by atoms with Gasteiger partial charge in [0.25, 0.3) is 0 Å². The third-order valence-electron chi connectivity index (χ3n) is 2.32. The van der Waals surface area contributed by atoms with Crippen molar-refractivity contribution in [1.29, 1.82) is 0 Å². The third kappa shape index (κ3) is 7.96. The molecule has 0 rings (SSSR count). The lowest BCUT2D eigenvalue weighted by atomic mass is 10.1. The summed E-state index contributed by atoms with van der Waals surface area (Å²) in [7, 11) is -0.862. The maximum absolute atomic E-state index is 11.1. The van der Waals surface area contributed by atoms with Crippen molar-refractivity contribution < 1.29 is 9.22 Å². The molecule has 0 aliphatic carbocycles. The minimum atomic E-state index is -0.862. The highest BCUT2D eigenvalue weighted by atomic mass is 32.1. The van der Waals surface area contributed by atoms with Gasteiger partial charge in [-0.25, -0.2) is 0 Å². The Hall–Kier alpha value is -0.263. The standard InChI is InChI=1S/C11H23NO2SSi/c1-9(10(2)13)11(15)12-7-5-6-8-14-16(3)4/h9,16H,5-8H2,1-4H3,(H,12,15). The van der Waals surface area contributed by atoms with Crippen molar-refractivity contribution in [2.24, 2.45) is 5.92 Å². The van der Waals surface area contributed by atoms with Crippen LogP contribution in [0.25, 0.3) is 0 Å². The lowest BCUT2D eigenvalue weighted by Crippen LogP contribution is -2.31. The molecule has 0 aromatic heterocycles. The highest BCUT2D eigenvalue weighted by Crippen LogP contribution is 1.99. The van der Waals surface area contributed by atoms with E-state index in [2.05, 4.69) is 18.4 Å². The molecule has 1 atom stereocenters. The first-order valence-electron chi connectivity index (χ1n) is 5.85. The Labute approximate surface area is 106 Å². The molecule has 0 spiro atoms. The predicted octanol–water partition coefficient (Wildman–Crippen LogP) is 1.91. The number of hydrogen-bond acceptors (Lipinski definition) is 3. The fourth-order valence-corrected chi connectivity index (χ4v) is 2.00. The summed E-state index contributed by atoms with van der Waals surface area (Å²) in [5, 5.41) is 3.12. The van der Waals surface area contributed by atoms with Gasteiger partial charge in [-0.3, -0.25) is 4.79 Å². The van der Waals surface area contributed by atoms with Gasteiger partial charge in [0.05, 0.1) is 10.9 Å². The minimum Gasteiger partial charge on any atom is -0.421 e. The van der Waals surface area contributed by atoms with Crippen molar-refractivity contribution in [3.05, 3.63) is 0 Å². The number of ketones is 1. The molecule has 0 bridgehead atoms. The van der Waals surface area contributed by atoms with E-state index in [1.165, 1.54) is 0 Å². The van der Waals surface area contributed by atoms with E-state index in [0.29, 0.717) is 4.99 Å². The molecule has 5 heteroatoms. The molecular weight excluding hydrogens is 238 g/mol. The normalized spacial score (nSPS) is 12.6. The van der Waals surface area contributed by atoms with Gasteiger partial charge < -0.3 is 9.74 Å². The summed E-state index contributed by atoms with van der Waals surface area (Å²) in [6.45, 7) is 9.43. The van der Waals surface area contributed by atoms with Crippen LogP contribution in [0, 0.1) is 5.92 Å². The van der Waals surface area contributed by atoms with Crippen LogP contribution >= 0.6 is 12.2 Å². The number of unbranched alkanes of at least 4 members (excludes halogenated alkanes) is 1. The predicted molar refractivity (Wildman–Crippen MR) is 74.5 cm³/mol. The number of nitrogens with one attached hydrogen (secondary N) is 1. The van der Waals surface area contributed by atoms with Crippen LogP contribution in [0.3, 0.4) is 0 Å². The number of thiocarbonyl (C=S) groups is 1. The molecule has 0 saturated carbocycles. The summed E-state index contributed by atoms with van der Waals surface area (Å²) < 4.78 is 5.56. The molecular formula is C11H23NO2SSi. The highest BCUT2D eigenvalue weighted by molar-refractivity contribution is 7.80. The molecule has 0 aromatic carbocycles. The van der Waals surface area contributed by atoms with E-state index < -0.39 is 9.04 Å². The summed E-state index contributed by atoms with van der Waals surface area (Å²) in [6.07, 6.45) is 2.08. The van der Waals surface area contributed by atoms with Crippen LogP contribution in [0.15, 0.2) is 0 Å². The van der Waals surface area contributed by atoms with Gasteiger partial charge in [-0.15, -0.1) is 0 Å². The van der Waals surface area contributed by atoms with Crippen molar-refractivity contribution in [1.82, 2.24) is 5.32 Å². The molecule has 0 heterocycles. The molecule has 0 aromatic rings. The quantitative estimate of drug-likeness (QED) is 0.411. The zero-order chi connectivity index (χ0) is 12.6. The van der Waals surface area contributed by atoms with Gasteiger partial charge in [-0.2, -0.15) is 0 Å². The van der Waals surface area contributed by atoms with Gasteiger partial charge in [0, 0.05) is 13.2 Å². The minimum absolute atomic E-state index is 0.117. The van der Waals surface area contributed by atoms with Gasteiger partial charge in [-0.1, -0.05) is 12.2 Å². The van der Waals surface area contributed by atoms with Crippen LogP contribution in [0.1, 0.15) is 26.7 Å². The summed E-state index contributed by atoms with van der Waals surface area (Å²) in [5.41, 5.74) is 0. The lowest BCUT2D eigenvalue weighted by molar-refractivity contribution is -0.118. The first-order chi connectivity index (χ1) is 7.45. The van der Waals surface area contributed by atoms with E-state index >= 15 is 0 Å². The Kier molecular flexibility index (Phi) is 8.69. The van der Waals surface area contributed by atoms with Crippen molar-refractivity contribution in [2.45, 2.75) is 39.8 Å². The van der Waals surface area contributed by atoms with E-state index in [1.807, 2.05) is 6.92 Å². The Morgan fingerprint density at radius 2 is 2.06 bits per heavy atom. The molecule has 16 heavy (non-hydrogen) atoms. The van der Waals surface area contributed by atoms with Gasteiger partial charge in [0.1, 0.15) is 5.78 Å². The van der Waals surface area contributed by atoms with Crippen LogP contribution in [0.2, 0.25) is 13.1 Å². The van der Waals surface area contributed by atoms with Crippen LogP contribution < -0.4 is 5.32 Å². The van der Waals surface area contributed by atoms with Crippen LogP contribution in [-0.4, -0.2) is 33.0 Å². The first kappa shape index (κ1) is 15.7. The summed E-state index contributed by atoms with van der Waals surface area (Å²) in [5.74, 6) is -0.0408. The molecule has 3 nitrogen and oxygen atoms in total. The van der Waals surface area contributed by atoms with Crippen LogP contribution in [-0.2, 0) is 9.22 Å². The summed E-state index contributed by atoms with van der Waals surface area (Å²) in [6, 6.07) is 0. The van der Waals surface area contributed by atoms with E-state index in [4.69, 9.17) is 16.6 Å². The number of carbonyl (C=O) groups excluding carboxylic acids is 1. The van der Waals surface area contributed by atoms with Gasteiger partial charge in [-0.05, 0) is 39.8 Å². The topological polar surface area (TPSA) is 38.3 Å². The molecule has 0 fully saturated rings. The fourth-order valence-electron chi connectivity index (χ4n) is 1.10. The zero-order valence-corrected chi connectivity index (χ0v) is 12.7. The van der Waals surface area contributed by atoms with Gasteiger partial charge >= 0.3 is 0 Å². The SMILES string of the molecule is CC(=O)C(C)C(=S)NCCCCO[SiH](C)C. The van der Waals surface area contributed by atoms with Crippen LogP contribution in [0.5, 0.6) is 0 Å². The second-order valence-corrected chi connectivity index (χ2v) is 7.12. The number of carbonyl (C=O) groups is 1. The molecule has 0 saturated heterocycles. The maximum atomic E-state index is 11.1. The molecule has 1 N–H and O–H groups in total. The second kappa shape index (κ2) is 8.84. The van der Waals surface area contributed by atoms with E-state index in [1.54, 1.807) is 6.92 Å². The molecule has 0 amide bonds. The van der Waals surface area contributed by atoms with Crippen LogP contribution in [0.4, 0.5) is 0 Å².